The first-order valence-corrected chi connectivity index (χ1v) is 11.7. The predicted octanol–water partition coefficient (Wildman–Crippen LogP) is 5.06. The number of halogens is 4. The maximum absolute atomic E-state index is 14.2. The second-order valence-corrected chi connectivity index (χ2v) is 9.79. The Morgan fingerprint density at radius 3 is 2.45 bits per heavy atom. The van der Waals surface area contributed by atoms with Crippen molar-refractivity contribution in [3.8, 4) is 0 Å². The van der Waals surface area contributed by atoms with Gasteiger partial charge in [-0.2, -0.15) is 18.7 Å². The van der Waals surface area contributed by atoms with Gasteiger partial charge in [0.1, 0.15) is 11.5 Å². The number of hydrogen-bond donors (Lipinski definition) is 0. The van der Waals surface area contributed by atoms with E-state index in [0.29, 0.717) is 17.2 Å². The Hall–Kier alpha value is -1.88. The molecule has 6 nitrogen and oxygen atoms in total. The molecule has 10 heteroatoms. The molecule has 162 valence electrons. The maximum atomic E-state index is 14.2. The second kappa shape index (κ2) is 8.23. The molecule has 0 aliphatic carbocycles. The van der Waals surface area contributed by atoms with E-state index >= 15 is 0 Å². The standard InChI is InChI=1S/C21H20ClF2IN6/c22-13-5-10-30(11-6-13)20-28-18-15(4-2-9-27-18)19(29-20)31-12-7-16(31)14-3-1-8-26-17(14)21(23,24)25/h1-4,8-9,13,16H,5-7,10-12H2. The molecule has 2 aliphatic heterocycles. The monoisotopic (exact) mass is 556 g/mol. The number of fused-ring (bicyclic) bond motifs is 1. The van der Waals surface area contributed by atoms with Gasteiger partial charge in [-0.3, -0.25) is 4.98 Å². The first-order valence-electron chi connectivity index (χ1n) is 10.2. The molecule has 3 aromatic rings. The van der Waals surface area contributed by atoms with Crippen molar-refractivity contribution in [2.24, 2.45) is 0 Å². The summed E-state index contributed by atoms with van der Waals surface area (Å²) in [4.78, 5) is 22.2. The van der Waals surface area contributed by atoms with Gasteiger partial charge in [-0.1, -0.05) is 6.07 Å². The van der Waals surface area contributed by atoms with Gasteiger partial charge in [0.15, 0.2) is 5.65 Å². The number of anilines is 2. The number of piperidine rings is 1. The van der Waals surface area contributed by atoms with Gasteiger partial charge in [-0.05, 0) is 37.5 Å². The van der Waals surface area contributed by atoms with Crippen LogP contribution in [-0.4, -0.2) is 44.9 Å². The Bertz CT molecular complexity index is 1100. The van der Waals surface area contributed by atoms with Crippen molar-refractivity contribution in [3.63, 3.8) is 0 Å². The van der Waals surface area contributed by atoms with Crippen LogP contribution in [0.15, 0.2) is 36.7 Å². The molecule has 0 N–H and O–H groups in total. The fourth-order valence-corrected chi connectivity index (χ4v) is 4.88. The van der Waals surface area contributed by atoms with Crippen LogP contribution in [0.2, 0.25) is 0 Å². The first kappa shape index (κ1) is 21.0. The smallest absolute Gasteiger partial charge is 0.338 e. The predicted molar refractivity (Wildman–Crippen MR) is 125 cm³/mol. The number of pyridine rings is 2. The SMILES string of the molecule is FC(F)(I)c1ncccc1C1CCN1c1nc(N2CCC(Cl)CC2)nc2ncccc12. The summed E-state index contributed by atoms with van der Waals surface area (Å²) in [5, 5.41) is 0.989. The fraction of sp³-hybridized carbons (Fsp3) is 0.429. The largest absolute Gasteiger partial charge is 0.349 e. The van der Waals surface area contributed by atoms with Crippen molar-refractivity contribution in [3.05, 3.63) is 47.9 Å². The molecule has 0 aromatic carbocycles. The van der Waals surface area contributed by atoms with Crippen molar-refractivity contribution in [1.82, 2.24) is 19.9 Å². The van der Waals surface area contributed by atoms with E-state index in [2.05, 4.69) is 24.8 Å². The average molecular weight is 557 g/mol. The lowest BCUT2D eigenvalue weighted by atomic mass is 9.93. The summed E-state index contributed by atoms with van der Waals surface area (Å²) in [7, 11) is 0. The Morgan fingerprint density at radius 2 is 1.74 bits per heavy atom. The van der Waals surface area contributed by atoms with Gasteiger partial charge in [0.05, 0.1) is 11.4 Å². The summed E-state index contributed by atoms with van der Waals surface area (Å²) in [6.07, 6.45) is 5.62. The van der Waals surface area contributed by atoms with Gasteiger partial charge in [-0.15, -0.1) is 11.6 Å². The van der Waals surface area contributed by atoms with Gasteiger partial charge in [0.2, 0.25) is 5.95 Å². The van der Waals surface area contributed by atoms with Gasteiger partial charge in [-0.25, -0.2) is 4.98 Å². The summed E-state index contributed by atoms with van der Waals surface area (Å²) in [6, 6.07) is 7.00. The van der Waals surface area contributed by atoms with Crippen LogP contribution < -0.4 is 9.80 Å². The highest BCUT2D eigenvalue weighted by molar-refractivity contribution is 14.1. The Kier molecular flexibility index (Phi) is 5.58. The lowest BCUT2D eigenvalue weighted by Gasteiger charge is -2.43. The molecular formula is C21H20ClF2IN6. The van der Waals surface area contributed by atoms with Crippen LogP contribution in [0.25, 0.3) is 11.0 Å². The van der Waals surface area contributed by atoms with E-state index < -0.39 is 3.93 Å². The highest BCUT2D eigenvalue weighted by Crippen LogP contribution is 2.45. The molecule has 3 aromatic heterocycles. The molecule has 0 spiro atoms. The third-order valence-electron chi connectivity index (χ3n) is 5.90. The van der Waals surface area contributed by atoms with Crippen molar-refractivity contribution in [2.75, 3.05) is 29.4 Å². The third-order valence-corrected chi connectivity index (χ3v) is 6.85. The topological polar surface area (TPSA) is 58.0 Å². The zero-order valence-electron chi connectivity index (χ0n) is 16.6. The summed E-state index contributed by atoms with van der Waals surface area (Å²) < 4.78 is 25.4. The molecule has 1 unspecified atom stereocenters. The molecule has 1 atom stereocenters. The van der Waals surface area contributed by atoms with E-state index in [-0.39, 0.29) is 17.1 Å². The van der Waals surface area contributed by atoms with E-state index in [1.807, 2.05) is 12.1 Å². The lowest BCUT2D eigenvalue weighted by molar-refractivity contribution is 0.120. The number of hydrogen-bond acceptors (Lipinski definition) is 6. The minimum absolute atomic E-state index is 0.174. The van der Waals surface area contributed by atoms with E-state index in [1.165, 1.54) is 6.20 Å². The molecule has 2 aliphatic rings. The Labute approximate surface area is 197 Å². The fourth-order valence-electron chi connectivity index (χ4n) is 4.23. The van der Waals surface area contributed by atoms with Crippen LogP contribution in [0.5, 0.6) is 0 Å². The highest BCUT2D eigenvalue weighted by Gasteiger charge is 2.40. The minimum atomic E-state index is -3.04. The zero-order chi connectivity index (χ0) is 21.6. The number of nitrogens with zero attached hydrogens (tertiary/aromatic N) is 6. The Morgan fingerprint density at radius 1 is 1.00 bits per heavy atom. The number of rotatable bonds is 4. The highest BCUT2D eigenvalue weighted by atomic mass is 127. The molecule has 2 fully saturated rings. The maximum Gasteiger partial charge on any atom is 0.338 e. The molecule has 2 saturated heterocycles. The van der Waals surface area contributed by atoms with E-state index in [1.54, 1.807) is 18.3 Å². The van der Waals surface area contributed by atoms with Gasteiger partial charge in [0.25, 0.3) is 0 Å². The van der Waals surface area contributed by atoms with Crippen LogP contribution in [0.3, 0.4) is 0 Å². The zero-order valence-corrected chi connectivity index (χ0v) is 19.5. The third kappa shape index (κ3) is 4.02. The molecule has 0 bridgehead atoms. The normalized spacial score (nSPS) is 20.2. The minimum Gasteiger partial charge on any atom is -0.349 e. The van der Waals surface area contributed by atoms with Crippen LogP contribution in [-0.2, 0) is 3.93 Å². The van der Waals surface area contributed by atoms with Gasteiger partial charge in [0, 0.05) is 65.6 Å². The Balaban J connectivity index is 1.56. The van der Waals surface area contributed by atoms with Crippen LogP contribution in [0.4, 0.5) is 20.5 Å². The van der Waals surface area contributed by atoms with E-state index in [4.69, 9.17) is 16.6 Å². The molecule has 0 saturated carbocycles. The molecule has 0 radical (unpaired) electrons. The van der Waals surface area contributed by atoms with Gasteiger partial charge < -0.3 is 9.80 Å². The molecule has 31 heavy (non-hydrogen) atoms. The summed E-state index contributed by atoms with van der Waals surface area (Å²) in [5.41, 5.74) is 0.950. The number of alkyl halides is 4. The van der Waals surface area contributed by atoms with Crippen LogP contribution in [0, 0.1) is 0 Å². The van der Waals surface area contributed by atoms with Crippen LogP contribution >= 0.6 is 34.2 Å². The first-order chi connectivity index (χ1) is 14.9. The molecule has 5 rings (SSSR count). The quantitative estimate of drug-likeness (QED) is 0.331. The lowest BCUT2D eigenvalue weighted by Crippen LogP contribution is -2.43. The van der Waals surface area contributed by atoms with Gasteiger partial charge >= 0.3 is 3.93 Å². The average Bonchev–Trinajstić information content (AvgIpc) is 2.73. The van der Waals surface area contributed by atoms with E-state index in [9.17, 15) is 8.78 Å². The van der Waals surface area contributed by atoms with Crippen molar-refractivity contribution < 1.29 is 8.78 Å². The summed E-state index contributed by atoms with van der Waals surface area (Å²) in [6.45, 7) is 2.28. The molecular weight excluding hydrogens is 537 g/mol. The van der Waals surface area contributed by atoms with Crippen LogP contribution in [0.1, 0.15) is 36.6 Å². The van der Waals surface area contributed by atoms with E-state index in [0.717, 1.165) is 72.7 Å². The second-order valence-electron chi connectivity index (χ2n) is 7.82. The van der Waals surface area contributed by atoms with Crippen molar-refractivity contribution in [2.45, 2.75) is 34.6 Å². The van der Waals surface area contributed by atoms with Crippen molar-refractivity contribution >= 4 is 57.0 Å². The summed E-state index contributed by atoms with van der Waals surface area (Å²) in [5.74, 6) is 1.34. The summed E-state index contributed by atoms with van der Waals surface area (Å²) >= 11 is 7.41. The molecule has 5 heterocycles. The molecule has 0 amide bonds. The number of aromatic nitrogens is 4. The van der Waals surface area contributed by atoms with Crippen molar-refractivity contribution in [1.29, 1.82) is 0 Å².